The maximum absolute atomic E-state index is 10.9. The zero-order valence-corrected chi connectivity index (χ0v) is 12.0. The number of hydrogen-bond donors (Lipinski definition) is 1. The molecule has 7 heteroatoms. The highest BCUT2D eigenvalue weighted by atomic mass is 32.1. The number of aromatic nitrogens is 2. The Morgan fingerprint density at radius 3 is 2.85 bits per heavy atom. The molecule has 1 N–H and O–H groups in total. The number of aromatic carboxylic acids is 1. The Morgan fingerprint density at radius 2 is 2.25 bits per heavy atom. The highest BCUT2D eigenvalue weighted by molar-refractivity contribution is 7.16. The average Bonchev–Trinajstić information content (AvgIpc) is 3.07. The van der Waals surface area contributed by atoms with Gasteiger partial charge in [0.05, 0.1) is 22.8 Å². The van der Waals surface area contributed by atoms with Crippen LogP contribution in [0.2, 0.25) is 0 Å². The number of carboxylic acid groups (broad SMARTS) is 1. The van der Waals surface area contributed by atoms with E-state index in [-0.39, 0.29) is 6.04 Å². The number of carboxylic acids is 1. The molecule has 2 aromatic heterocycles. The van der Waals surface area contributed by atoms with Gasteiger partial charge in [0.2, 0.25) is 0 Å². The Kier molecular flexibility index (Phi) is 3.06. The van der Waals surface area contributed by atoms with Crippen molar-refractivity contribution in [3.05, 3.63) is 39.8 Å². The lowest BCUT2D eigenvalue weighted by molar-refractivity contribution is 0.0702. The Labute approximate surface area is 120 Å². The first-order chi connectivity index (χ1) is 9.54. The van der Waals surface area contributed by atoms with Gasteiger partial charge in [0, 0.05) is 32.3 Å². The maximum atomic E-state index is 10.9. The number of hydrazone groups is 1. The van der Waals surface area contributed by atoms with Crippen molar-refractivity contribution in [2.24, 2.45) is 12.1 Å². The Balaban J connectivity index is 1.83. The average molecular weight is 290 g/mol. The quantitative estimate of drug-likeness (QED) is 0.938. The predicted molar refractivity (Wildman–Crippen MR) is 76.1 cm³/mol. The molecule has 104 valence electrons. The minimum absolute atomic E-state index is 0.161. The molecule has 3 heterocycles. The molecular formula is C13H14N4O2S. The number of aryl methyl sites for hydroxylation is 1. The van der Waals surface area contributed by atoms with E-state index in [0.29, 0.717) is 4.88 Å². The Bertz CT molecular complexity index is 688. The van der Waals surface area contributed by atoms with Crippen molar-refractivity contribution in [1.82, 2.24) is 14.8 Å². The second-order valence-corrected chi connectivity index (χ2v) is 5.84. The van der Waals surface area contributed by atoms with Gasteiger partial charge in [0.1, 0.15) is 4.88 Å². The van der Waals surface area contributed by atoms with Crippen molar-refractivity contribution in [1.29, 1.82) is 0 Å². The van der Waals surface area contributed by atoms with Crippen LogP contribution in [0.4, 0.5) is 0 Å². The number of rotatable bonds is 3. The van der Waals surface area contributed by atoms with Gasteiger partial charge in [-0.25, -0.2) is 4.79 Å². The fourth-order valence-electron chi connectivity index (χ4n) is 2.32. The first kappa shape index (κ1) is 12.9. The standard InChI is InChI=1S/C13H14N4O2S/c1-16-7-8(6-14-16)10-5-9(15-17(10)2)11-3-4-12(20-11)13(18)19/h3-4,6-7,10H,5H2,1-2H3,(H,18,19). The van der Waals surface area contributed by atoms with Crippen LogP contribution in [0.3, 0.4) is 0 Å². The van der Waals surface area contributed by atoms with Gasteiger partial charge in [-0.3, -0.25) is 9.69 Å². The molecule has 1 aliphatic heterocycles. The van der Waals surface area contributed by atoms with E-state index in [9.17, 15) is 4.79 Å². The molecular weight excluding hydrogens is 276 g/mol. The molecule has 0 bridgehead atoms. The van der Waals surface area contributed by atoms with Crippen molar-refractivity contribution in [2.75, 3.05) is 7.05 Å². The lowest BCUT2D eigenvalue weighted by atomic mass is 10.1. The molecule has 0 radical (unpaired) electrons. The van der Waals surface area contributed by atoms with Gasteiger partial charge >= 0.3 is 5.97 Å². The summed E-state index contributed by atoms with van der Waals surface area (Å²) in [6.07, 6.45) is 4.59. The lowest BCUT2D eigenvalue weighted by Gasteiger charge is -2.16. The van der Waals surface area contributed by atoms with Crippen molar-refractivity contribution < 1.29 is 9.90 Å². The second-order valence-electron chi connectivity index (χ2n) is 4.76. The van der Waals surface area contributed by atoms with Gasteiger partial charge in [-0.15, -0.1) is 11.3 Å². The maximum Gasteiger partial charge on any atom is 0.345 e. The third kappa shape index (κ3) is 2.20. The van der Waals surface area contributed by atoms with Crippen molar-refractivity contribution >= 4 is 23.0 Å². The van der Waals surface area contributed by atoms with Gasteiger partial charge in [-0.05, 0) is 12.1 Å². The number of nitrogens with zero attached hydrogens (tertiary/aromatic N) is 4. The zero-order valence-electron chi connectivity index (χ0n) is 11.1. The van der Waals surface area contributed by atoms with E-state index < -0.39 is 5.97 Å². The summed E-state index contributed by atoms with van der Waals surface area (Å²) in [6.45, 7) is 0. The fourth-order valence-corrected chi connectivity index (χ4v) is 3.16. The molecule has 0 aromatic carbocycles. The lowest BCUT2D eigenvalue weighted by Crippen LogP contribution is -2.13. The second kappa shape index (κ2) is 4.75. The largest absolute Gasteiger partial charge is 0.477 e. The van der Waals surface area contributed by atoms with Gasteiger partial charge in [0.15, 0.2) is 0 Å². The number of hydrogen-bond acceptors (Lipinski definition) is 5. The SMILES string of the molecule is CN1N=C(c2ccc(C(=O)O)s2)CC1c1cnn(C)c1. The van der Waals surface area contributed by atoms with Crippen LogP contribution in [0.25, 0.3) is 0 Å². The molecule has 0 spiro atoms. The molecule has 0 amide bonds. The molecule has 6 nitrogen and oxygen atoms in total. The monoisotopic (exact) mass is 290 g/mol. The molecule has 0 saturated carbocycles. The summed E-state index contributed by atoms with van der Waals surface area (Å²) in [6, 6.07) is 3.61. The minimum Gasteiger partial charge on any atom is -0.477 e. The van der Waals surface area contributed by atoms with Crippen LogP contribution in [0.15, 0.2) is 29.6 Å². The van der Waals surface area contributed by atoms with Crippen LogP contribution in [0.5, 0.6) is 0 Å². The van der Waals surface area contributed by atoms with Crippen molar-refractivity contribution in [3.63, 3.8) is 0 Å². The van der Waals surface area contributed by atoms with Gasteiger partial charge in [-0.2, -0.15) is 10.2 Å². The highest BCUT2D eigenvalue weighted by Crippen LogP contribution is 2.32. The van der Waals surface area contributed by atoms with E-state index in [1.54, 1.807) is 10.7 Å². The Morgan fingerprint density at radius 1 is 1.45 bits per heavy atom. The summed E-state index contributed by atoms with van der Waals surface area (Å²) < 4.78 is 1.77. The summed E-state index contributed by atoms with van der Waals surface area (Å²) in [4.78, 5) is 12.2. The van der Waals surface area contributed by atoms with Crippen LogP contribution in [-0.4, -0.2) is 38.6 Å². The smallest absolute Gasteiger partial charge is 0.345 e. The van der Waals surface area contributed by atoms with E-state index in [1.807, 2.05) is 37.6 Å². The number of carbonyl (C=O) groups is 1. The first-order valence-electron chi connectivity index (χ1n) is 6.17. The molecule has 0 saturated heterocycles. The first-order valence-corrected chi connectivity index (χ1v) is 6.98. The van der Waals surface area contributed by atoms with Crippen molar-refractivity contribution in [2.45, 2.75) is 12.5 Å². The molecule has 20 heavy (non-hydrogen) atoms. The topological polar surface area (TPSA) is 70.7 Å². The summed E-state index contributed by atoms with van der Waals surface area (Å²) in [5.74, 6) is -0.892. The molecule has 2 aromatic rings. The zero-order chi connectivity index (χ0) is 14.3. The van der Waals surface area contributed by atoms with Gasteiger partial charge in [0.25, 0.3) is 0 Å². The van der Waals surface area contributed by atoms with Crippen LogP contribution in [-0.2, 0) is 7.05 Å². The summed E-state index contributed by atoms with van der Waals surface area (Å²) in [7, 11) is 3.81. The van der Waals surface area contributed by atoms with Crippen LogP contribution in [0, 0.1) is 0 Å². The minimum atomic E-state index is -0.892. The van der Waals surface area contributed by atoms with Crippen LogP contribution >= 0.6 is 11.3 Å². The molecule has 1 aliphatic rings. The molecule has 3 rings (SSSR count). The van der Waals surface area contributed by atoms with E-state index in [2.05, 4.69) is 10.2 Å². The van der Waals surface area contributed by atoms with Crippen LogP contribution in [0.1, 0.15) is 32.6 Å². The molecule has 0 aliphatic carbocycles. The summed E-state index contributed by atoms with van der Waals surface area (Å²) in [5, 5.41) is 19.6. The van der Waals surface area contributed by atoms with E-state index in [4.69, 9.17) is 5.11 Å². The van der Waals surface area contributed by atoms with Crippen LogP contribution < -0.4 is 0 Å². The normalized spacial score (nSPS) is 18.4. The van der Waals surface area contributed by atoms with Gasteiger partial charge < -0.3 is 5.11 Å². The third-order valence-corrected chi connectivity index (χ3v) is 4.45. The van der Waals surface area contributed by atoms with Crippen molar-refractivity contribution in [3.8, 4) is 0 Å². The molecule has 1 unspecified atom stereocenters. The van der Waals surface area contributed by atoms with E-state index in [1.165, 1.54) is 11.3 Å². The Hall–Kier alpha value is -2.15. The van der Waals surface area contributed by atoms with Gasteiger partial charge in [-0.1, -0.05) is 0 Å². The number of thiophene rings is 1. The third-order valence-electron chi connectivity index (χ3n) is 3.33. The molecule has 0 fully saturated rings. The van der Waals surface area contributed by atoms with E-state index >= 15 is 0 Å². The highest BCUT2D eigenvalue weighted by Gasteiger charge is 2.28. The molecule has 1 atom stereocenters. The predicted octanol–water partition coefficient (Wildman–Crippen LogP) is 1.96. The fraction of sp³-hybridized carbons (Fsp3) is 0.308. The summed E-state index contributed by atoms with van der Waals surface area (Å²) >= 11 is 1.26. The summed E-state index contributed by atoms with van der Waals surface area (Å²) in [5.41, 5.74) is 2.04. The van der Waals surface area contributed by atoms with E-state index in [0.717, 1.165) is 22.6 Å².